The summed E-state index contributed by atoms with van der Waals surface area (Å²) in [5.74, 6) is -1.62. The number of amides is 3. The van der Waals surface area contributed by atoms with Gasteiger partial charge in [-0.3, -0.25) is 19.2 Å². The molecule has 0 bridgehead atoms. The van der Waals surface area contributed by atoms with E-state index in [0.717, 1.165) is 5.69 Å². The van der Waals surface area contributed by atoms with E-state index in [2.05, 4.69) is 5.32 Å². The highest BCUT2D eigenvalue weighted by Gasteiger charge is 2.48. The lowest BCUT2D eigenvalue weighted by atomic mass is 9.89. The zero-order valence-electron chi connectivity index (χ0n) is 29.2. The van der Waals surface area contributed by atoms with Crippen LogP contribution in [0, 0.1) is 5.92 Å². The highest BCUT2D eigenvalue weighted by atomic mass is 16.7. The summed E-state index contributed by atoms with van der Waals surface area (Å²) in [6.45, 7) is 1.48. The van der Waals surface area contributed by atoms with Crippen LogP contribution in [0.4, 0.5) is 11.4 Å². The van der Waals surface area contributed by atoms with Gasteiger partial charge in [-0.2, -0.15) is 5.06 Å². The number of carbonyl (C=O) groups excluding carboxylic acids is 3. The topological polar surface area (TPSA) is 161 Å². The molecule has 0 spiro atoms. The number of nitrogens with one attached hydrogen (secondary N) is 1. The van der Waals surface area contributed by atoms with Crippen LogP contribution in [0.15, 0.2) is 66.7 Å². The van der Waals surface area contributed by atoms with Gasteiger partial charge in [0.05, 0.1) is 26.4 Å². The quantitative estimate of drug-likeness (QED) is 0.198. The number of benzene rings is 3. The van der Waals surface area contributed by atoms with Crippen LogP contribution in [-0.2, 0) is 21.0 Å². The molecular weight excluding hydrogens is 628 g/mol. The van der Waals surface area contributed by atoms with Crippen LogP contribution >= 0.6 is 0 Å². The van der Waals surface area contributed by atoms with Crippen molar-refractivity contribution < 1.29 is 34.2 Å². The van der Waals surface area contributed by atoms with E-state index in [1.54, 1.807) is 19.2 Å². The molecule has 264 valence electrons. The summed E-state index contributed by atoms with van der Waals surface area (Å²) in [5.41, 5.74) is 9.54. The van der Waals surface area contributed by atoms with Gasteiger partial charge in [0.15, 0.2) is 0 Å². The van der Waals surface area contributed by atoms with Gasteiger partial charge < -0.3 is 40.7 Å². The van der Waals surface area contributed by atoms with Crippen LogP contribution in [0.3, 0.4) is 0 Å². The van der Waals surface area contributed by atoms with Crippen molar-refractivity contribution in [2.45, 2.75) is 37.8 Å². The Kier molecular flexibility index (Phi) is 12.4. The normalized spacial score (nSPS) is 18.9. The van der Waals surface area contributed by atoms with Gasteiger partial charge in [-0.25, -0.2) is 0 Å². The fraction of sp³-hybridized carbons (Fsp3) is 0.417. The monoisotopic (exact) mass is 676 g/mol. The van der Waals surface area contributed by atoms with Crippen molar-refractivity contribution in [3.05, 3.63) is 77.9 Å². The maximum Gasteiger partial charge on any atom is 0.252 e. The zero-order valence-corrected chi connectivity index (χ0v) is 29.2. The number of aliphatic hydroxyl groups is 2. The first-order valence-electron chi connectivity index (χ1n) is 16.1. The number of carbonyl (C=O) groups is 3. The lowest BCUT2D eigenvalue weighted by molar-refractivity contribution is -0.181. The number of rotatable bonds is 14. The first-order valence-corrected chi connectivity index (χ1v) is 16.1. The lowest BCUT2D eigenvalue weighted by Crippen LogP contribution is -2.52. The van der Waals surface area contributed by atoms with Crippen LogP contribution in [0.5, 0.6) is 5.75 Å². The fourth-order valence-electron chi connectivity index (χ4n) is 6.21. The standard InChI is InChI=1S/C36H48N6O7/c1-22(44)31-30(21-43)49-42(32(31)34(37)45)19-23-12-11-15-28(33(23)48-7)24-16-25(18-27(17-24)40(4)5)35(46)38-29(20-39(2)3)36(47)41(6)26-13-9-8-10-14-26/h8-18,22,29-32,43-44H,19-21H2,1-7H3,(H2,37,45)(H,38,46)/t22-,29+,30-,31-,32-/m0/s1. The molecule has 1 fully saturated rings. The van der Waals surface area contributed by atoms with Gasteiger partial charge in [-0.05, 0) is 56.9 Å². The minimum absolute atomic E-state index is 0.0638. The maximum absolute atomic E-state index is 13.9. The second kappa shape index (κ2) is 16.2. The van der Waals surface area contributed by atoms with Crippen LogP contribution < -0.4 is 25.6 Å². The molecule has 0 saturated carbocycles. The van der Waals surface area contributed by atoms with E-state index in [4.69, 9.17) is 15.3 Å². The maximum atomic E-state index is 13.9. The van der Waals surface area contributed by atoms with Crippen molar-refractivity contribution in [1.82, 2.24) is 15.3 Å². The van der Waals surface area contributed by atoms with Crippen LogP contribution in [0.25, 0.3) is 11.1 Å². The van der Waals surface area contributed by atoms with Gasteiger partial charge in [0.25, 0.3) is 11.8 Å². The molecule has 1 aliphatic heterocycles. The summed E-state index contributed by atoms with van der Waals surface area (Å²) in [6.07, 6.45) is -1.78. The Morgan fingerprint density at radius 1 is 1.00 bits per heavy atom. The third-order valence-electron chi connectivity index (χ3n) is 8.66. The van der Waals surface area contributed by atoms with Gasteiger partial charge in [0.2, 0.25) is 5.91 Å². The molecule has 0 aromatic heterocycles. The second-order valence-electron chi connectivity index (χ2n) is 12.7. The summed E-state index contributed by atoms with van der Waals surface area (Å²) >= 11 is 0. The SMILES string of the molecule is COc1c(CN2O[C@@H](CO)[C@H]([C@H](C)O)[C@H]2C(N)=O)cccc1-c1cc(C(=O)N[C@H](CN(C)C)C(=O)N(C)c2ccccc2)cc(N(C)C)c1. The van der Waals surface area contributed by atoms with Gasteiger partial charge >= 0.3 is 0 Å². The smallest absolute Gasteiger partial charge is 0.252 e. The number of hydrogen-bond donors (Lipinski definition) is 4. The Labute approximate surface area is 287 Å². The molecule has 3 aromatic rings. The van der Waals surface area contributed by atoms with Crippen LogP contribution in [0.2, 0.25) is 0 Å². The van der Waals surface area contributed by atoms with E-state index >= 15 is 0 Å². The third kappa shape index (κ3) is 8.56. The third-order valence-corrected chi connectivity index (χ3v) is 8.66. The molecule has 4 rings (SSSR count). The average molecular weight is 677 g/mol. The predicted molar refractivity (Wildman–Crippen MR) is 188 cm³/mol. The minimum atomic E-state index is -0.989. The van der Waals surface area contributed by atoms with E-state index in [1.165, 1.54) is 24.0 Å². The number of hydrogen-bond acceptors (Lipinski definition) is 10. The molecule has 1 aliphatic rings. The van der Waals surface area contributed by atoms with Crippen molar-refractivity contribution in [2.24, 2.45) is 11.7 Å². The first kappa shape index (κ1) is 37.3. The molecule has 0 radical (unpaired) electrons. The van der Waals surface area contributed by atoms with Crippen molar-refractivity contribution in [2.75, 3.05) is 65.3 Å². The summed E-state index contributed by atoms with van der Waals surface area (Å²) < 4.78 is 5.91. The van der Waals surface area contributed by atoms with Crippen molar-refractivity contribution in [1.29, 1.82) is 0 Å². The van der Waals surface area contributed by atoms with Gasteiger partial charge in [-0.15, -0.1) is 0 Å². The van der Waals surface area contributed by atoms with E-state index in [-0.39, 0.29) is 19.0 Å². The number of anilines is 2. The number of ether oxygens (including phenoxy) is 1. The summed E-state index contributed by atoms with van der Waals surface area (Å²) in [5, 5.41) is 24.6. The molecule has 13 nitrogen and oxygen atoms in total. The number of nitrogens with zero attached hydrogens (tertiary/aromatic N) is 4. The van der Waals surface area contributed by atoms with Gasteiger partial charge in [0, 0.05) is 61.7 Å². The summed E-state index contributed by atoms with van der Waals surface area (Å²) in [6, 6.07) is 18.3. The molecular formula is C36H48N6O7. The first-order chi connectivity index (χ1) is 23.3. The van der Waals surface area contributed by atoms with Gasteiger partial charge in [0.1, 0.15) is 23.9 Å². The fourth-order valence-corrected chi connectivity index (χ4v) is 6.21. The Bertz CT molecular complexity index is 1620. The predicted octanol–water partition coefficient (Wildman–Crippen LogP) is 1.71. The number of nitrogens with two attached hydrogens (primary N) is 1. The lowest BCUT2D eigenvalue weighted by Gasteiger charge is -2.27. The largest absolute Gasteiger partial charge is 0.496 e. The Morgan fingerprint density at radius 2 is 1.69 bits per heavy atom. The Hall–Kier alpha value is -4.53. The molecule has 1 saturated heterocycles. The van der Waals surface area contributed by atoms with Crippen LogP contribution in [0.1, 0.15) is 22.8 Å². The molecule has 5 atom stereocenters. The van der Waals surface area contributed by atoms with Crippen molar-refractivity contribution >= 4 is 29.1 Å². The van der Waals surface area contributed by atoms with Crippen molar-refractivity contribution in [3.63, 3.8) is 0 Å². The van der Waals surface area contributed by atoms with Gasteiger partial charge in [-0.1, -0.05) is 36.4 Å². The zero-order chi connectivity index (χ0) is 36.0. The number of para-hydroxylation sites is 2. The molecule has 0 unspecified atom stereocenters. The van der Waals surface area contributed by atoms with Crippen LogP contribution in [-0.4, -0.2) is 118 Å². The molecule has 49 heavy (non-hydrogen) atoms. The summed E-state index contributed by atoms with van der Waals surface area (Å²) in [4.78, 5) is 51.2. The molecule has 5 N–H and O–H groups in total. The second-order valence-corrected chi connectivity index (χ2v) is 12.7. The molecule has 3 aromatic carbocycles. The van der Waals surface area contributed by atoms with E-state index in [1.807, 2.05) is 92.6 Å². The number of primary amides is 1. The van der Waals surface area contributed by atoms with E-state index < -0.39 is 48.6 Å². The van der Waals surface area contributed by atoms with Crippen molar-refractivity contribution in [3.8, 4) is 16.9 Å². The Balaban J connectivity index is 1.69. The van der Waals surface area contributed by atoms with E-state index in [0.29, 0.717) is 33.7 Å². The minimum Gasteiger partial charge on any atom is -0.496 e. The number of methoxy groups -OCH3 is 1. The highest BCUT2D eigenvalue weighted by molar-refractivity contribution is 6.03. The highest BCUT2D eigenvalue weighted by Crippen LogP contribution is 2.38. The molecule has 1 heterocycles. The number of hydroxylamine groups is 2. The van der Waals surface area contributed by atoms with E-state index in [9.17, 15) is 24.6 Å². The molecule has 0 aliphatic carbocycles. The molecule has 3 amide bonds. The molecule has 13 heteroatoms. The number of likely N-dealkylation sites (N-methyl/N-ethyl adjacent to an activating group) is 2. The average Bonchev–Trinajstić information content (AvgIpc) is 3.46. The summed E-state index contributed by atoms with van der Waals surface area (Å²) in [7, 11) is 10.6. The number of aliphatic hydroxyl groups excluding tert-OH is 2. The Morgan fingerprint density at radius 3 is 2.27 bits per heavy atom.